The largest absolute Gasteiger partial charge is 0.491 e. The Morgan fingerprint density at radius 1 is 1.26 bits per heavy atom. The van der Waals surface area contributed by atoms with Crippen molar-refractivity contribution in [1.82, 2.24) is 19.7 Å². The second-order valence-corrected chi connectivity index (χ2v) is 8.65. The molecular weight excluding hydrogens is 412 g/mol. The molecule has 1 aliphatic heterocycles. The highest BCUT2D eigenvalue weighted by atomic mass is 35.5. The molecule has 1 aliphatic rings. The fourth-order valence-electron chi connectivity index (χ4n) is 3.89. The van der Waals surface area contributed by atoms with Gasteiger partial charge in [-0.3, -0.25) is 14.5 Å². The summed E-state index contributed by atoms with van der Waals surface area (Å²) in [5.41, 5.74) is 5.37. The lowest BCUT2D eigenvalue weighted by atomic mass is 9.96. The molecule has 0 aliphatic carbocycles. The number of aromatic nitrogens is 3. The number of pyridine rings is 1. The number of hydrogen-bond acceptors (Lipinski definition) is 4. The molecule has 0 fully saturated rings. The number of carbonyl (C=O) groups excluding carboxylic acids is 1. The van der Waals surface area contributed by atoms with Gasteiger partial charge in [-0.05, 0) is 62.4 Å². The fourth-order valence-corrected chi connectivity index (χ4v) is 4.17. The molecule has 162 valence electrons. The van der Waals surface area contributed by atoms with E-state index in [0.717, 1.165) is 34.4 Å². The zero-order valence-corrected chi connectivity index (χ0v) is 19.1. The van der Waals surface area contributed by atoms with Gasteiger partial charge in [0.2, 0.25) is 0 Å². The van der Waals surface area contributed by atoms with Crippen LogP contribution in [0.5, 0.6) is 5.75 Å². The van der Waals surface area contributed by atoms with Crippen molar-refractivity contribution < 1.29 is 9.53 Å². The lowest BCUT2D eigenvalue weighted by Crippen LogP contribution is -2.39. The van der Waals surface area contributed by atoms with E-state index >= 15 is 0 Å². The van der Waals surface area contributed by atoms with Gasteiger partial charge in [0.25, 0.3) is 5.91 Å². The summed E-state index contributed by atoms with van der Waals surface area (Å²) in [6.07, 6.45) is 7.02. The third kappa shape index (κ3) is 4.30. The van der Waals surface area contributed by atoms with Crippen LogP contribution in [0.3, 0.4) is 0 Å². The van der Waals surface area contributed by atoms with Crippen LogP contribution in [0.25, 0.3) is 11.3 Å². The minimum atomic E-state index is -0.0297. The molecule has 31 heavy (non-hydrogen) atoms. The number of amides is 1. The van der Waals surface area contributed by atoms with Gasteiger partial charge in [-0.25, -0.2) is 0 Å². The number of nitrogens with zero attached hydrogens (tertiary/aromatic N) is 4. The van der Waals surface area contributed by atoms with Crippen LogP contribution in [0.4, 0.5) is 0 Å². The van der Waals surface area contributed by atoms with E-state index in [0.29, 0.717) is 35.9 Å². The summed E-state index contributed by atoms with van der Waals surface area (Å²) >= 11 is 6.69. The Labute approximate surface area is 187 Å². The van der Waals surface area contributed by atoms with Crippen molar-refractivity contribution in [2.24, 2.45) is 7.05 Å². The Morgan fingerprint density at radius 2 is 2.06 bits per heavy atom. The monoisotopic (exact) mass is 438 g/mol. The molecule has 1 aromatic carbocycles. The Kier molecular flexibility index (Phi) is 6.01. The van der Waals surface area contributed by atoms with Crippen molar-refractivity contribution in [1.29, 1.82) is 0 Å². The Bertz CT molecular complexity index is 1110. The quantitative estimate of drug-likeness (QED) is 0.594. The summed E-state index contributed by atoms with van der Waals surface area (Å²) < 4.78 is 7.67. The summed E-state index contributed by atoms with van der Waals surface area (Å²) in [6.45, 7) is 7.26. The number of halogens is 1. The summed E-state index contributed by atoms with van der Waals surface area (Å²) in [4.78, 5) is 19.7. The van der Waals surface area contributed by atoms with Crippen LogP contribution in [0.1, 0.15) is 47.3 Å². The van der Waals surface area contributed by atoms with Gasteiger partial charge in [-0.1, -0.05) is 17.7 Å². The number of carbonyl (C=O) groups is 1. The standard InChI is InChI=1S/C24H27ClN4O2/c1-15(2)29-8-5-9-31-23-20(24(29)30)11-18(16(3)22(23)25)10-17-6-7-21(26-12-17)19-13-27-28(4)14-19/h6-7,11-15H,5,8-10H2,1-4H3. The number of benzene rings is 1. The van der Waals surface area contributed by atoms with Crippen LogP contribution in [0.2, 0.25) is 5.02 Å². The van der Waals surface area contributed by atoms with Crippen LogP contribution in [0.15, 0.2) is 36.8 Å². The molecule has 0 saturated heterocycles. The van der Waals surface area contributed by atoms with Crippen molar-refractivity contribution in [3.63, 3.8) is 0 Å². The Morgan fingerprint density at radius 3 is 2.71 bits per heavy atom. The zero-order chi connectivity index (χ0) is 22.1. The number of hydrogen-bond donors (Lipinski definition) is 0. The fraction of sp³-hybridized carbons (Fsp3) is 0.375. The van der Waals surface area contributed by atoms with E-state index in [4.69, 9.17) is 16.3 Å². The highest BCUT2D eigenvalue weighted by Gasteiger charge is 2.27. The minimum Gasteiger partial charge on any atom is -0.491 e. The molecule has 2 aromatic heterocycles. The van der Waals surface area contributed by atoms with E-state index in [1.165, 1.54) is 0 Å². The molecule has 4 rings (SSSR count). The van der Waals surface area contributed by atoms with Crippen molar-refractivity contribution in [2.45, 2.75) is 39.7 Å². The molecule has 1 amide bonds. The molecule has 3 aromatic rings. The molecule has 0 unspecified atom stereocenters. The second kappa shape index (κ2) is 8.71. The molecule has 7 heteroatoms. The normalized spacial score (nSPS) is 14.3. The first-order valence-electron chi connectivity index (χ1n) is 10.5. The molecular formula is C24H27ClN4O2. The predicted molar refractivity (Wildman–Crippen MR) is 122 cm³/mol. The Balaban J connectivity index is 1.67. The third-order valence-corrected chi connectivity index (χ3v) is 6.15. The van der Waals surface area contributed by atoms with Crippen molar-refractivity contribution >= 4 is 17.5 Å². The van der Waals surface area contributed by atoms with Gasteiger partial charge in [-0.15, -0.1) is 0 Å². The summed E-state index contributed by atoms with van der Waals surface area (Å²) in [5.74, 6) is 0.473. The van der Waals surface area contributed by atoms with E-state index < -0.39 is 0 Å². The number of fused-ring (bicyclic) bond motifs is 1. The number of rotatable bonds is 4. The summed E-state index contributed by atoms with van der Waals surface area (Å²) in [7, 11) is 1.89. The molecule has 0 atom stereocenters. The molecule has 0 spiro atoms. The van der Waals surface area contributed by atoms with Gasteiger partial charge in [-0.2, -0.15) is 5.10 Å². The van der Waals surface area contributed by atoms with Gasteiger partial charge in [0.1, 0.15) is 0 Å². The third-order valence-electron chi connectivity index (χ3n) is 5.70. The van der Waals surface area contributed by atoms with Crippen LogP contribution < -0.4 is 4.74 Å². The van der Waals surface area contributed by atoms with Crippen molar-refractivity contribution in [2.75, 3.05) is 13.2 Å². The SMILES string of the molecule is Cc1c(Cc2ccc(-c3cnn(C)c3)nc2)cc2c(c1Cl)OCCCN(C(C)C)C2=O. The van der Waals surface area contributed by atoms with Gasteiger partial charge >= 0.3 is 0 Å². The first kappa shape index (κ1) is 21.4. The van der Waals surface area contributed by atoms with E-state index in [1.807, 2.05) is 57.2 Å². The molecule has 0 radical (unpaired) electrons. The van der Waals surface area contributed by atoms with Crippen LogP contribution >= 0.6 is 11.6 Å². The summed E-state index contributed by atoms with van der Waals surface area (Å²) in [6, 6.07) is 6.10. The van der Waals surface area contributed by atoms with Gasteiger partial charge in [0.05, 0.1) is 29.1 Å². The summed E-state index contributed by atoms with van der Waals surface area (Å²) in [5, 5.41) is 4.72. The maximum absolute atomic E-state index is 13.3. The van der Waals surface area contributed by atoms with Crippen molar-refractivity contribution in [3.05, 3.63) is 64.1 Å². The smallest absolute Gasteiger partial charge is 0.257 e. The van der Waals surface area contributed by atoms with Gasteiger partial charge < -0.3 is 9.64 Å². The highest BCUT2D eigenvalue weighted by molar-refractivity contribution is 6.33. The van der Waals surface area contributed by atoms with E-state index in [2.05, 4.69) is 16.1 Å². The second-order valence-electron chi connectivity index (χ2n) is 8.28. The van der Waals surface area contributed by atoms with Crippen molar-refractivity contribution in [3.8, 4) is 17.0 Å². The van der Waals surface area contributed by atoms with Crippen LogP contribution in [0, 0.1) is 6.92 Å². The van der Waals surface area contributed by atoms with Gasteiger partial charge in [0.15, 0.2) is 5.75 Å². The highest BCUT2D eigenvalue weighted by Crippen LogP contribution is 2.37. The van der Waals surface area contributed by atoms with Crippen LogP contribution in [-0.4, -0.2) is 44.8 Å². The number of ether oxygens (including phenoxy) is 1. The van der Waals surface area contributed by atoms with E-state index in [1.54, 1.807) is 10.9 Å². The average molecular weight is 439 g/mol. The molecule has 0 saturated carbocycles. The Hall–Kier alpha value is -2.86. The topological polar surface area (TPSA) is 60.2 Å². The first-order valence-corrected chi connectivity index (χ1v) is 10.9. The number of aryl methyl sites for hydroxylation is 1. The maximum Gasteiger partial charge on any atom is 0.257 e. The van der Waals surface area contributed by atoms with E-state index in [-0.39, 0.29) is 11.9 Å². The van der Waals surface area contributed by atoms with Gasteiger partial charge in [0, 0.05) is 37.6 Å². The predicted octanol–water partition coefficient (Wildman–Crippen LogP) is 4.67. The average Bonchev–Trinajstić information content (AvgIpc) is 3.17. The zero-order valence-electron chi connectivity index (χ0n) is 18.4. The lowest BCUT2D eigenvalue weighted by Gasteiger charge is -2.30. The van der Waals surface area contributed by atoms with Crippen LogP contribution in [-0.2, 0) is 13.5 Å². The maximum atomic E-state index is 13.3. The molecule has 6 nitrogen and oxygen atoms in total. The molecule has 0 N–H and O–H groups in total. The lowest BCUT2D eigenvalue weighted by molar-refractivity contribution is 0.0673. The molecule has 0 bridgehead atoms. The minimum absolute atomic E-state index is 0.0297. The molecule has 3 heterocycles. The van der Waals surface area contributed by atoms with E-state index in [9.17, 15) is 4.79 Å². The first-order chi connectivity index (χ1) is 14.8.